The normalized spacial score (nSPS) is 12.2. The van der Waals surface area contributed by atoms with E-state index in [-0.39, 0.29) is 11.5 Å². The summed E-state index contributed by atoms with van der Waals surface area (Å²) < 4.78 is 6.77. The number of fused-ring (bicyclic) bond motifs is 1. The fourth-order valence-electron chi connectivity index (χ4n) is 2.70. The lowest BCUT2D eigenvalue weighted by molar-refractivity contribution is -0.118. The maximum absolute atomic E-state index is 12.8. The molecule has 0 radical (unpaired) electrons. The Bertz CT molecular complexity index is 1010. The summed E-state index contributed by atoms with van der Waals surface area (Å²) in [5, 5.41) is 3.42. The quantitative estimate of drug-likeness (QED) is 0.743. The van der Waals surface area contributed by atoms with Gasteiger partial charge in [0.25, 0.3) is 5.56 Å². The Morgan fingerprint density at radius 2 is 2.00 bits per heavy atom. The van der Waals surface area contributed by atoms with Crippen molar-refractivity contribution in [1.82, 2.24) is 9.55 Å². The lowest BCUT2D eigenvalue weighted by Crippen LogP contribution is -2.31. The van der Waals surface area contributed by atoms with Crippen molar-refractivity contribution in [2.75, 3.05) is 11.9 Å². The molecule has 26 heavy (non-hydrogen) atoms. The molecule has 0 saturated carbocycles. The van der Waals surface area contributed by atoms with Gasteiger partial charge in [0.15, 0.2) is 0 Å². The Hall–Kier alpha value is -2.67. The van der Waals surface area contributed by atoms with Crippen LogP contribution in [0.25, 0.3) is 10.2 Å². The minimum atomic E-state index is -0.675. The van der Waals surface area contributed by atoms with E-state index in [1.165, 1.54) is 22.2 Å². The predicted molar refractivity (Wildman–Crippen MR) is 104 cm³/mol. The second-order valence-corrected chi connectivity index (χ2v) is 7.25. The molecule has 6 nitrogen and oxygen atoms in total. The fraction of sp³-hybridized carbons (Fsp3) is 0.316. The topological polar surface area (TPSA) is 73.2 Å². The maximum atomic E-state index is 12.8. The van der Waals surface area contributed by atoms with Crippen molar-refractivity contribution in [3.8, 4) is 5.75 Å². The number of rotatable bonds is 5. The Kier molecular flexibility index (Phi) is 5.08. The number of aryl methyl sites for hydroxylation is 2. The summed E-state index contributed by atoms with van der Waals surface area (Å²) in [7, 11) is 0. The van der Waals surface area contributed by atoms with E-state index in [1.54, 1.807) is 31.2 Å². The molecule has 1 aromatic carbocycles. The molecule has 7 heteroatoms. The minimum Gasteiger partial charge on any atom is -0.494 e. The Morgan fingerprint density at radius 3 is 2.65 bits per heavy atom. The van der Waals surface area contributed by atoms with Crippen molar-refractivity contribution < 1.29 is 9.53 Å². The zero-order valence-electron chi connectivity index (χ0n) is 15.2. The number of anilines is 1. The van der Waals surface area contributed by atoms with Crippen LogP contribution in [0.1, 0.15) is 30.3 Å². The number of amides is 1. The van der Waals surface area contributed by atoms with Crippen molar-refractivity contribution in [2.24, 2.45) is 0 Å². The SMILES string of the molecule is CCOc1ccc(NC(=O)[C@@H](C)n2cnc3sc(C)c(C)c3c2=O)cc1. The summed E-state index contributed by atoms with van der Waals surface area (Å²) >= 11 is 1.49. The lowest BCUT2D eigenvalue weighted by Gasteiger charge is -2.15. The monoisotopic (exact) mass is 371 g/mol. The summed E-state index contributed by atoms with van der Waals surface area (Å²) in [5.74, 6) is 0.467. The second-order valence-electron chi connectivity index (χ2n) is 6.04. The third-order valence-electron chi connectivity index (χ3n) is 4.34. The average Bonchev–Trinajstić information content (AvgIpc) is 2.91. The molecule has 0 saturated heterocycles. The number of thiophene rings is 1. The minimum absolute atomic E-state index is 0.189. The molecular formula is C19H21N3O3S. The highest BCUT2D eigenvalue weighted by Crippen LogP contribution is 2.26. The van der Waals surface area contributed by atoms with E-state index in [4.69, 9.17) is 4.74 Å². The van der Waals surface area contributed by atoms with Gasteiger partial charge in [0, 0.05) is 10.6 Å². The van der Waals surface area contributed by atoms with Crippen LogP contribution in [0.5, 0.6) is 5.75 Å². The smallest absolute Gasteiger partial charge is 0.263 e. The molecule has 0 unspecified atom stereocenters. The molecule has 136 valence electrons. The number of nitrogens with one attached hydrogen (secondary N) is 1. The zero-order valence-corrected chi connectivity index (χ0v) is 16.0. The van der Waals surface area contributed by atoms with Crippen molar-refractivity contribution in [3.63, 3.8) is 0 Å². The van der Waals surface area contributed by atoms with Gasteiger partial charge in [-0.3, -0.25) is 14.2 Å². The molecule has 0 fully saturated rings. The summed E-state index contributed by atoms with van der Waals surface area (Å²) in [6.07, 6.45) is 1.45. The van der Waals surface area contributed by atoms with Crippen molar-refractivity contribution in [3.05, 3.63) is 51.4 Å². The standard InChI is InChI=1S/C19H21N3O3S/c1-5-25-15-8-6-14(7-9-15)21-17(23)12(3)22-10-20-18-16(19(22)24)11(2)13(4)26-18/h6-10,12H,5H2,1-4H3,(H,21,23)/t12-/m1/s1. The molecule has 0 aliphatic heterocycles. The first-order chi connectivity index (χ1) is 12.4. The van der Waals surface area contributed by atoms with Gasteiger partial charge in [-0.25, -0.2) is 4.98 Å². The van der Waals surface area contributed by atoms with Crippen LogP contribution in [-0.2, 0) is 4.79 Å². The van der Waals surface area contributed by atoms with E-state index >= 15 is 0 Å². The molecule has 2 aromatic heterocycles. The van der Waals surface area contributed by atoms with E-state index in [9.17, 15) is 9.59 Å². The predicted octanol–water partition coefficient (Wildman–Crippen LogP) is 3.67. The van der Waals surface area contributed by atoms with Gasteiger partial charge in [0.2, 0.25) is 5.91 Å². The van der Waals surface area contributed by atoms with Crippen molar-refractivity contribution >= 4 is 33.1 Å². The van der Waals surface area contributed by atoms with E-state index < -0.39 is 6.04 Å². The Balaban J connectivity index is 1.84. The number of aromatic nitrogens is 2. The number of hydrogen-bond donors (Lipinski definition) is 1. The number of ether oxygens (including phenoxy) is 1. The first kappa shape index (κ1) is 18.1. The Morgan fingerprint density at radius 1 is 1.31 bits per heavy atom. The molecule has 1 atom stereocenters. The summed E-state index contributed by atoms with van der Waals surface area (Å²) in [6.45, 7) is 8.06. The second kappa shape index (κ2) is 7.29. The van der Waals surface area contributed by atoms with Crippen molar-refractivity contribution in [1.29, 1.82) is 0 Å². The van der Waals surface area contributed by atoms with Crippen LogP contribution in [0.15, 0.2) is 35.4 Å². The molecule has 0 bridgehead atoms. The van der Waals surface area contributed by atoms with E-state index in [1.807, 2.05) is 20.8 Å². The molecule has 3 rings (SSSR count). The average molecular weight is 371 g/mol. The third kappa shape index (κ3) is 3.35. The van der Waals surface area contributed by atoms with Crippen LogP contribution in [-0.4, -0.2) is 22.1 Å². The van der Waals surface area contributed by atoms with Gasteiger partial charge in [0.05, 0.1) is 18.3 Å². The van der Waals surface area contributed by atoms with Crippen LogP contribution in [0.2, 0.25) is 0 Å². The molecule has 0 spiro atoms. The number of benzene rings is 1. The van der Waals surface area contributed by atoms with Crippen LogP contribution in [0.3, 0.4) is 0 Å². The number of carbonyl (C=O) groups is 1. The van der Waals surface area contributed by atoms with E-state index in [0.717, 1.165) is 16.2 Å². The largest absolute Gasteiger partial charge is 0.494 e. The van der Waals surface area contributed by atoms with Crippen LogP contribution in [0.4, 0.5) is 5.69 Å². The van der Waals surface area contributed by atoms with Gasteiger partial charge >= 0.3 is 0 Å². The van der Waals surface area contributed by atoms with Crippen LogP contribution in [0, 0.1) is 13.8 Å². The maximum Gasteiger partial charge on any atom is 0.263 e. The highest BCUT2D eigenvalue weighted by Gasteiger charge is 2.20. The van der Waals surface area contributed by atoms with Gasteiger partial charge < -0.3 is 10.1 Å². The molecular weight excluding hydrogens is 350 g/mol. The Labute approximate surface area is 155 Å². The van der Waals surface area contributed by atoms with E-state index in [0.29, 0.717) is 22.5 Å². The van der Waals surface area contributed by atoms with E-state index in [2.05, 4.69) is 10.3 Å². The summed E-state index contributed by atoms with van der Waals surface area (Å²) in [4.78, 5) is 31.5. The molecule has 2 heterocycles. The molecule has 1 amide bonds. The molecule has 3 aromatic rings. The van der Waals surface area contributed by atoms with Gasteiger partial charge in [-0.05, 0) is 57.5 Å². The summed E-state index contributed by atoms with van der Waals surface area (Å²) in [6, 6.07) is 6.45. The van der Waals surface area contributed by atoms with Crippen LogP contribution >= 0.6 is 11.3 Å². The van der Waals surface area contributed by atoms with Gasteiger partial charge in [-0.15, -0.1) is 11.3 Å². The van der Waals surface area contributed by atoms with Crippen LogP contribution < -0.4 is 15.6 Å². The molecule has 0 aliphatic rings. The van der Waals surface area contributed by atoms with Gasteiger partial charge in [-0.2, -0.15) is 0 Å². The zero-order chi connectivity index (χ0) is 18.8. The first-order valence-electron chi connectivity index (χ1n) is 8.43. The summed E-state index contributed by atoms with van der Waals surface area (Å²) in [5.41, 5.74) is 1.39. The lowest BCUT2D eigenvalue weighted by atomic mass is 10.2. The molecule has 0 aliphatic carbocycles. The van der Waals surface area contributed by atoms with Gasteiger partial charge in [0.1, 0.15) is 16.6 Å². The molecule has 1 N–H and O–H groups in total. The van der Waals surface area contributed by atoms with Gasteiger partial charge in [-0.1, -0.05) is 0 Å². The first-order valence-corrected chi connectivity index (χ1v) is 9.24. The highest BCUT2D eigenvalue weighted by atomic mass is 32.1. The van der Waals surface area contributed by atoms with Crippen molar-refractivity contribution in [2.45, 2.75) is 33.7 Å². The third-order valence-corrected chi connectivity index (χ3v) is 5.46. The number of hydrogen-bond acceptors (Lipinski definition) is 5. The fourth-order valence-corrected chi connectivity index (χ4v) is 3.69. The highest BCUT2D eigenvalue weighted by molar-refractivity contribution is 7.18. The number of carbonyl (C=O) groups excluding carboxylic acids is 1. The number of nitrogens with zero attached hydrogens (tertiary/aromatic N) is 2.